The van der Waals surface area contributed by atoms with Crippen molar-refractivity contribution in [3.8, 4) is 0 Å². The van der Waals surface area contributed by atoms with Gasteiger partial charge in [-0.15, -0.1) is 10.2 Å². The first-order valence-electron chi connectivity index (χ1n) is 4.08. The number of halogens is 1. The average Bonchev–Trinajstić information content (AvgIpc) is 2.47. The van der Waals surface area contributed by atoms with Crippen LogP contribution in [0, 0.1) is 0 Å². The van der Waals surface area contributed by atoms with Crippen LogP contribution in [0.2, 0.25) is 0 Å². The maximum absolute atomic E-state index is 11.4. The van der Waals surface area contributed by atoms with Crippen molar-refractivity contribution in [2.24, 2.45) is 5.73 Å². The minimum atomic E-state index is -0.130. The topological polar surface area (TPSA) is 85.0 Å². The Morgan fingerprint density at radius 2 is 2.36 bits per heavy atom. The van der Waals surface area contributed by atoms with Gasteiger partial charge in [0.05, 0.1) is 6.20 Å². The number of anilines is 1. The third-order valence-electron chi connectivity index (χ3n) is 1.92. The van der Waals surface area contributed by atoms with Crippen molar-refractivity contribution in [3.63, 3.8) is 0 Å². The molecule has 1 amide bonds. The second-order valence-electron chi connectivity index (χ2n) is 3.05. The van der Waals surface area contributed by atoms with Gasteiger partial charge in [-0.2, -0.15) is 0 Å². The summed E-state index contributed by atoms with van der Waals surface area (Å²) in [5.41, 5.74) is 5.64. The van der Waals surface area contributed by atoms with E-state index >= 15 is 0 Å². The summed E-state index contributed by atoms with van der Waals surface area (Å²) >= 11 is 3.12. The van der Waals surface area contributed by atoms with Crippen LogP contribution >= 0.6 is 15.9 Å². The van der Waals surface area contributed by atoms with E-state index in [0.29, 0.717) is 23.5 Å². The Morgan fingerprint density at radius 3 is 2.86 bits per heavy atom. The maximum atomic E-state index is 11.4. The van der Waals surface area contributed by atoms with E-state index in [1.807, 2.05) is 0 Å². The van der Waals surface area contributed by atoms with Gasteiger partial charge >= 0.3 is 0 Å². The molecule has 1 aliphatic heterocycles. The third kappa shape index (κ3) is 1.73. The zero-order chi connectivity index (χ0) is 10.1. The Morgan fingerprint density at radius 1 is 1.57 bits per heavy atom. The monoisotopic (exact) mass is 257 g/mol. The molecule has 0 spiro atoms. The molecular weight excluding hydrogens is 250 g/mol. The van der Waals surface area contributed by atoms with Gasteiger partial charge in [-0.05, 0) is 15.9 Å². The molecule has 0 saturated carbocycles. The minimum Gasteiger partial charge on any atom is -0.326 e. The van der Waals surface area contributed by atoms with E-state index in [-0.39, 0.29) is 11.9 Å². The fourth-order valence-electron chi connectivity index (χ4n) is 1.31. The molecule has 2 rings (SSSR count). The molecule has 1 aromatic rings. The first-order valence-corrected chi connectivity index (χ1v) is 4.87. The Kier molecular flexibility index (Phi) is 2.42. The Bertz CT molecular complexity index is 354. The quantitative estimate of drug-likeness (QED) is 0.747. The molecule has 1 aromatic heterocycles. The molecule has 6 nitrogen and oxygen atoms in total. The molecule has 1 unspecified atom stereocenters. The first-order chi connectivity index (χ1) is 6.66. The molecule has 2 heterocycles. The van der Waals surface area contributed by atoms with E-state index < -0.39 is 0 Å². The van der Waals surface area contributed by atoms with Gasteiger partial charge in [-0.3, -0.25) is 9.69 Å². The van der Waals surface area contributed by atoms with Crippen molar-refractivity contribution >= 4 is 27.8 Å². The average molecular weight is 258 g/mol. The summed E-state index contributed by atoms with van der Waals surface area (Å²) in [5, 5.41) is 7.54. The Labute approximate surface area is 88.6 Å². The van der Waals surface area contributed by atoms with Gasteiger partial charge in [0.15, 0.2) is 0 Å². The molecule has 1 atom stereocenters. The van der Waals surface area contributed by atoms with Gasteiger partial charge < -0.3 is 5.73 Å². The molecule has 0 bridgehead atoms. The van der Waals surface area contributed by atoms with Crippen molar-refractivity contribution in [1.29, 1.82) is 0 Å². The fourth-order valence-corrected chi connectivity index (χ4v) is 1.49. The number of hydrogen-bond acceptors (Lipinski definition) is 5. The van der Waals surface area contributed by atoms with E-state index in [1.165, 1.54) is 11.1 Å². The summed E-state index contributed by atoms with van der Waals surface area (Å²) in [6, 6.07) is -0.130. The Hall–Kier alpha value is -1.08. The van der Waals surface area contributed by atoms with Crippen molar-refractivity contribution < 1.29 is 4.79 Å². The number of hydrogen-bond donors (Lipinski definition) is 1. The zero-order valence-electron chi connectivity index (χ0n) is 7.22. The van der Waals surface area contributed by atoms with Gasteiger partial charge in [0.2, 0.25) is 5.91 Å². The van der Waals surface area contributed by atoms with Crippen molar-refractivity contribution in [2.45, 2.75) is 12.5 Å². The highest BCUT2D eigenvalue weighted by Crippen LogP contribution is 2.15. The summed E-state index contributed by atoms with van der Waals surface area (Å²) in [6.45, 7) is 0.460. The number of carbonyl (C=O) groups is 1. The number of amides is 1. The lowest BCUT2D eigenvalue weighted by Gasteiger charge is -2.11. The lowest BCUT2D eigenvalue weighted by atomic mass is 10.3. The number of aromatic nitrogens is 3. The van der Waals surface area contributed by atoms with E-state index in [2.05, 4.69) is 31.1 Å². The first kappa shape index (κ1) is 9.47. The second kappa shape index (κ2) is 3.58. The van der Waals surface area contributed by atoms with Crippen molar-refractivity contribution in [1.82, 2.24) is 15.2 Å². The summed E-state index contributed by atoms with van der Waals surface area (Å²) in [4.78, 5) is 16.8. The lowest BCUT2D eigenvalue weighted by molar-refractivity contribution is -0.117. The van der Waals surface area contributed by atoms with E-state index in [4.69, 9.17) is 5.73 Å². The molecule has 74 valence electrons. The van der Waals surface area contributed by atoms with Crippen molar-refractivity contribution in [2.75, 3.05) is 11.4 Å². The van der Waals surface area contributed by atoms with Gasteiger partial charge in [0.1, 0.15) is 4.60 Å². The van der Waals surface area contributed by atoms with Gasteiger partial charge in [-0.1, -0.05) is 0 Å². The summed E-state index contributed by atoms with van der Waals surface area (Å²) in [5.74, 6) is 0.257. The fraction of sp³-hybridized carbons (Fsp3) is 0.429. The van der Waals surface area contributed by atoms with E-state index in [9.17, 15) is 4.79 Å². The van der Waals surface area contributed by atoms with Gasteiger partial charge in [0.25, 0.3) is 5.95 Å². The molecule has 2 N–H and O–H groups in total. The largest absolute Gasteiger partial charge is 0.326 e. The van der Waals surface area contributed by atoms with Crippen LogP contribution in [0.15, 0.2) is 10.8 Å². The Balaban J connectivity index is 2.23. The third-order valence-corrected chi connectivity index (χ3v) is 2.28. The number of carbonyl (C=O) groups excluding carboxylic acids is 1. The van der Waals surface area contributed by atoms with Crippen LogP contribution in [0.4, 0.5) is 5.95 Å². The second-order valence-corrected chi connectivity index (χ2v) is 3.86. The van der Waals surface area contributed by atoms with Crippen LogP contribution in [-0.2, 0) is 4.79 Å². The molecule has 7 heteroatoms. The smallest absolute Gasteiger partial charge is 0.252 e. The highest BCUT2D eigenvalue weighted by molar-refractivity contribution is 9.10. The van der Waals surface area contributed by atoms with Crippen LogP contribution < -0.4 is 10.6 Å². The van der Waals surface area contributed by atoms with Crippen LogP contribution in [0.1, 0.15) is 6.42 Å². The number of rotatable bonds is 1. The normalized spacial score (nSPS) is 21.7. The lowest BCUT2D eigenvalue weighted by Crippen LogP contribution is -2.29. The number of nitrogens with two attached hydrogens (primary N) is 1. The summed E-state index contributed by atoms with van der Waals surface area (Å²) in [7, 11) is 0. The molecular formula is C7H8BrN5O. The SMILES string of the molecule is NC1CC(=O)N(c2ncc(Br)nn2)C1. The molecule has 1 fully saturated rings. The van der Waals surface area contributed by atoms with Gasteiger partial charge in [-0.25, -0.2) is 4.98 Å². The molecule has 1 saturated heterocycles. The minimum absolute atomic E-state index is 0.0541. The molecule has 0 aromatic carbocycles. The standard InChI is InChI=1S/C7H8BrN5O/c8-5-2-10-7(12-11-5)13-3-4(9)1-6(13)14/h2,4H,1,3,9H2. The highest BCUT2D eigenvalue weighted by atomic mass is 79.9. The predicted molar refractivity (Wildman–Crippen MR) is 52.5 cm³/mol. The van der Waals surface area contributed by atoms with Crippen LogP contribution in [0.25, 0.3) is 0 Å². The molecule has 0 radical (unpaired) electrons. The van der Waals surface area contributed by atoms with Crippen LogP contribution in [0.5, 0.6) is 0 Å². The number of nitrogens with zero attached hydrogens (tertiary/aromatic N) is 4. The van der Waals surface area contributed by atoms with Crippen LogP contribution in [0.3, 0.4) is 0 Å². The molecule has 14 heavy (non-hydrogen) atoms. The van der Waals surface area contributed by atoms with Crippen LogP contribution in [-0.4, -0.2) is 33.7 Å². The summed E-state index contributed by atoms with van der Waals surface area (Å²) in [6.07, 6.45) is 1.85. The van der Waals surface area contributed by atoms with E-state index in [1.54, 1.807) is 0 Å². The van der Waals surface area contributed by atoms with Gasteiger partial charge in [0, 0.05) is 19.0 Å². The highest BCUT2D eigenvalue weighted by Gasteiger charge is 2.29. The van der Waals surface area contributed by atoms with E-state index in [0.717, 1.165) is 0 Å². The maximum Gasteiger partial charge on any atom is 0.252 e. The van der Waals surface area contributed by atoms with Crippen molar-refractivity contribution in [3.05, 3.63) is 10.8 Å². The summed E-state index contributed by atoms with van der Waals surface area (Å²) < 4.78 is 0.539. The predicted octanol–water partition coefficient (Wildman–Crippen LogP) is -0.302. The molecule has 1 aliphatic rings. The zero-order valence-corrected chi connectivity index (χ0v) is 8.81. The molecule has 0 aliphatic carbocycles.